The molecule has 15 heavy (non-hydrogen) atoms. The molecule has 0 fully saturated rings. The second-order valence-corrected chi connectivity index (χ2v) is 5.13. The van der Waals surface area contributed by atoms with Crippen LogP contribution in [0.3, 0.4) is 0 Å². The van der Waals surface area contributed by atoms with E-state index in [0.717, 1.165) is 12.6 Å². The normalized spacial score (nSPS) is 13.0. The highest BCUT2D eigenvalue weighted by Gasteiger charge is 2.04. The standard InChI is InChI=1S/C13H23NS/c1-4-6-12(5-2)14-9-7-13-11(3)8-10-15-13/h8,10,12,14H,4-7,9H2,1-3H3. The van der Waals surface area contributed by atoms with Crippen LogP contribution in [0.1, 0.15) is 43.6 Å². The van der Waals surface area contributed by atoms with Gasteiger partial charge in [-0.15, -0.1) is 11.3 Å². The van der Waals surface area contributed by atoms with E-state index in [1.54, 1.807) is 0 Å². The zero-order valence-corrected chi connectivity index (χ0v) is 11.0. The monoisotopic (exact) mass is 225 g/mol. The first-order chi connectivity index (χ1) is 7.27. The summed E-state index contributed by atoms with van der Waals surface area (Å²) in [5, 5.41) is 5.83. The van der Waals surface area contributed by atoms with Crippen LogP contribution in [0.5, 0.6) is 0 Å². The molecule has 2 heteroatoms. The summed E-state index contributed by atoms with van der Waals surface area (Å²) in [5.74, 6) is 0. The molecule has 0 saturated heterocycles. The molecule has 1 aromatic heterocycles. The van der Waals surface area contributed by atoms with Crippen molar-refractivity contribution in [3.05, 3.63) is 21.9 Å². The van der Waals surface area contributed by atoms with E-state index in [2.05, 4.69) is 37.5 Å². The molecule has 0 amide bonds. The Hall–Kier alpha value is -0.340. The quantitative estimate of drug-likeness (QED) is 0.745. The summed E-state index contributed by atoms with van der Waals surface area (Å²) in [6.07, 6.45) is 5.02. The third kappa shape index (κ3) is 4.35. The lowest BCUT2D eigenvalue weighted by atomic mass is 10.1. The number of nitrogens with one attached hydrogen (secondary N) is 1. The van der Waals surface area contributed by atoms with E-state index in [1.807, 2.05) is 11.3 Å². The molecule has 1 heterocycles. The minimum Gasteiger partial charge on any atom is -0.314 e. The van der Waals surface area contributed by atoms with Gasteiger partial charge in [-0.05, 0) is 43.2 Å². The number of hydrogen-bond donors (Lipinski definition) is 1. The third-order valence-corrected chi connectivity index (χ3v) is 3.97. The van der Waals surface area contributed by atoms with Gasteiger partial charge < -0.3 is 5.32 Å². The lowest BCUT2D eigenvalue weighted by Crippen LogP contribution is -2.30. The van der Waals surface area contributed by atoms with Crippen LogP contribution in [-0.2, 0) is 6.42 Å². The van der Waals surface area contributed by atoms with Gasteiger partial charge in [0.2, 0.25) is 0 Å². The first-order valence-corrected chi connectivity index (χ1v) is 6.92. The largest absolute Gasteiger partial charge is 0.314 e. The van der Waals surface area contributed by atoms with Crippen molar-refractivity contribution in [3.63, 3.8) is 0 Å². The maximum atomic E-state index is 3.64. The van der Waals surface area contributed by atoms with Gasteiger partial charge in [-0.25, -0.2) is 0 Å². The fraction of sp³-hybridized carbons (Fsp3) is 0.692. The summed E-state index contributed by atoms with van der Waals surface area (Å²) in [5.41, 5.74) is 1.45. The van der Waals surface area contributed by atoms with Crippen LogP contribution in [0.15, 0.2) is 11.4 Å². The Labute approximate surface area is 97.9 Å². The number of rotatable bonds is 7. The molecule has 0 radical (unpaired) electrons. The average Bonchev–Trinajstić information content (AvgIpc) is 2.63. The second kappa shape index (κ2) is 7.02. The molecule has 0 spiro atoms. The Balaban J connectivity index is 2.23. The minimum absolute atomic E-state index is 0.718. The third-order valence-electron chi connectivity index (χ3n) is 2.88. The summed E-state index contributed by atoms with van der Waals surface area (Å²) in [7, 11) is 0. The Bertz CT molecular complexity index is 267. The molecular formula is C13H23NS. The Morgan fingerprint density at radius 1 is 1.40 bits per heavy atom. The van der Waals surface area contributed by atoms with Gasteiger partial charge >= 0.3 is 0 Å². The Morgan fingerprint density at radius 3 is 2.73 bits per heavy atom. The van der Waals surface area contributed by atoms with Crippen molar-refractivity contribution in [1.82, 2.24) is 5.32 Å². The summed E-state index contributed by atoms with van der Waals surface area (Å²) in [6, 6.07) is 2.93. The van der Waals surface area contributed by atoms with Crippen LogP contribution in [0.2, 0.25) is 0 Å². The molecule has 0 aromatic carbocycles. The van der Waals surface area contributed by atoms with Crippen LogP contribution in [0.4, 0.5) is 0 Å². The number of thiophene rings is 1. The molecule has 0 saturated carbocycles. The zero-order chi connectivity index (χ0) is 11.1. The van der Waals surface area contributed by atoms with Crippen LogP contribution < -0.4 is 5.32 Å². The molecule has 1 atom stereocenters. The van der Waals surface area contributed by atoms with E-state index in [1.165, 1.54) is 36.1 Å². The van der Waals surface area contributed by atoms with E-state index in [4.69, 9.17) is 0 Å². The average molecular weight is 225 g/mol. The molecule has 86 valence electrons. The van der Waals surface area contributed by atoms with E-state index < -0.39 is 0 Å². The van der Waals surface area contributed by atoms with Crippen molar-refractivity contribution in [1.29, 1.82) is 0 Å². The van der Waals surface area contributed by atoms with E-state index >= 15 is 0 Å². The van der Waals surface area contributed by atoms with Crippen LogP contribution in [0.25, 0.3) is 0 Å². The molecule has 0 aliphatic rings. The van der Waals surface area contributed by atoms with Crippen molar-refractivity contribution in [2.75, 3.05) is 6.54 Å². The van der Waals surface area contributed by atoms with E-state index in [-0.39, 0.29) is 0 Å². The van der Waals surface area contributed by atoms with Crippen molar-refractivity contribution >= 4 is 11.3 Å². The highest BCUT2D eigenvalue weighted by atomic mass is 32.1. The minimum atomic E-state index is 0.718. The lowest BCUT2D eigenvalue weighted by molar-refractivity contribution is 0.467. The predicted molar refractivity (Wildman–Crippen MR) is 69.7 cm³/mol. The molecular weight excluding hydrogens is 202 g/mol. The second-order valence-electron chi connectivity index (χ2n) is 4.12. The Morgan fingerprint density at radius 2 is 2.20 bits per heavy atom. The van der Waals surface area contributed by atoms with Gasteiger partial charge in [-0.3, -0.25) is 0 Å². The fourth-order valence-electron chi connectivity index (χ4n) is 1.85. The van der Waals surface area contributed by atoms with Gasteiger partial charge in [0.05, 0.1) is 0 Å². The molecule has 0 bridgehead atoms. The molecule has 1 N–H and O–H groups in total. The highest BCUT2D eigenvalue weighted by molar-refractivity contribution is 7.10. The SMILES string of the molecule is CCCC(CC)NCCc1sccc1C. The number of hydrogen-bond acceptors (Lipinski definition) is 2. The number of aryl methyl sites for hydroxylation is 1. The molecule has 0 aliphatic heterocycles. The van der Waals surface area contributed by atoms with Gasteiger partial charge in [0.1, 0.15) is 0 Å². The summed E-state index contributed by atoms with van der Waals surface area (Å²) in [4.78, 5) is 1.54. The molecule has 1 nitrogen and oxygen atoms in total. The van der Waals surface area contributed by atoms with Crippen LogP contribution in [0, 0.1) is 6.92 Å². The summed E-state index contributed by atoms with van der Waals surface area (Å²) in [6.45, 7) is 7.85. The topological polar surface area (TPSA) is 12.0 Å². The molecule has 0 aliphatic carbocycles. The predicted octanol–water partition coefficient (Wildman–Crippen LogP) is 3.77. The van der Waals surface area contributed by atoms with Crippen LogP contribution >= 0.6 is 11.3 Å². The summed E-state index contributed by atoms with van der Waals surface area (Å²) < 4.78 is 0. The van der Waals surface area contributed by atoms with Crippen molar-refractivity contribution in [2.45, 2.75) is 52.5 Å². The van der Waals surface area contributed by atoms with Gasteiger partial charge in [-0.1, -0.05) is 20.3 Å². The first kappa shape index (κ1) is 12.7. The van der Waals surface area contributed by atoms with E-state index in [9.17, 15) is 0 Å². The van der Waals surface area contributed by atoms with Gasteiger partial charge in [0.15, 0.2) is 0 Å². The van der Waals surface area contributed by atoms with Gasteiger partial charge in [-0.2, -0.15) is 0 Å². The zero-order valence-electron chi connectivity index (χ0n) is 10.2. The van der Waals surface area contributed by atoms with Crippen LogP contribution in [-0.4, -0.2) is 12.6 Å². The first-order valence-electron chi connectivity index (χ1n) is 6.04. The highest BCUT2D eigenvalue weighted by Crippen LogP contribution is 2.15. The smallest absolute Gasteiger partial charge is 0.00870 e. The molecule has 1 rings (SSSR count). The maximum Gasteiger partial charge on any atom is 0.00870 e. The Kier molecular flexibility index (Phi) is 5.96. The molecule has 1 unspecified atom stereocenters. The fourth-order valence-corrected chi connectivity index (χ4v) is 2.76. The van der Waals surface area contributed by atoms with Crippen molar-refractivity contribution in [2.24, 2.45) is 0 Å². The maximum absolute atomic E-state index is 3.64. The molecule has 1 aromatic rings. The lowest BCUT2D eigenvalue weighted by Gasteiger charge is -2.15. The van der Waals surface area contributed by atoms with Crippen molar-refractivity contribution in [3.8, 4) is 0 Å². The van der Waals surface area contributed by atoms with E-state index in [0.29, 0.717) is 0 Å². The summed E-state index contributed by atoms with van der Waals surface area (Å²) >= 11 is 1.88. The van der Waals surface area contributed by atoms with Gasteiger partial charge in [0.25, 0.3) is 0 Å². The van der Waals surface area contributed by atoms with Gasteiger partial charge in [0, 0.05) is 17.5 Å². The van der Waals surface area contributed by atoms with Crippen molar-refractivity contribution < 1.29 is 0 Å².